The Morgan fingerprint density at radius 3 is 2.63 bits per heavy atom. The second kappa shape index (κ2) is 6.94. The number of nitriles is 1. The van der Waals surface area contributed by atoms with E-state index in [2.05, 4.69) is 20.5 Å². The smallest absolute Gasteiger partial charge is 0.376 e. The van der Waals surface area contributed by atoms with E-state index in [-0.39, 0.29) is 23.1 Å². The number of carbonyl (C=O) groups excluding carboxylic acids is 1. The van der Waals surface area contributed by atoms with Gasteiger partial charge in [-0.25, -0.2) is 9.37 Å². The number of piperidine rings is 1. The number of nitrogens with one attached hydrogen (secondary N) is 2. The molecule has 1 fully saturated rings. The molecular formula is C18H16F4N6O2. The van der Waals surface area contributed by atoms with E-state index in [1.807, 2.05) is 4.90 Å². The van der Waals surface area contributed by atoms with Gasteiger partial charge in [-0.15, -0.1) is 0 Å². The third kappa shape index (κ3) is 3.15. The van der Waals surface area contributed by atoms with Crippen molar-refractivity contribution in [3.05, 3.63) is 35.0 Å². The molecule has 8 nitrogen and oxygen atoms in total. The van der Waals surface area contributed by atoms with Gasteiger partial charge in [0.15, 0.2) is 22.9 Å². The fraction of sp³-hybridized carbons (Fsp3) is 0.444. The molecule has 2 aromatic heterocycles. The highest BCUT2D eigenvalue weighted by molar-refractivity contribution is 5.94. The van der Waals surface area contributed by atoms with Crippen molar-refractivity contribution in [2.24, 2.45) is 0 Å². The molecule has 0 saturated carbocycles. The summed E-state index contributed by atoms with van der Waals surface area (Å²) in [6.45, 7) is 0.782. The molecule has 1 amide bonds. The number of amides is 1. The van der Waals surface area contributed by atoms with Crippen LogP contribution in [0.25, 0.3) is 0 Å². The van der Waals surface area contributed by atoms with Crippen LogP contribution in [0.3, 0.4) is 0 Å². The summed E-state index contributed by atoms with van der Waals surface area (Å²) in [5.41, 5.74) is -3.47. The van der Waals surface area contributed by atoms with Gasteiger partial charge in [0.1, 0.15) is 6.07 Å². The summed E-state index contributed by atoms with van der Waals surface area (Å²) in [6, 6.07) is 2.84. The van der Waals surface area contributed by atoms with Crippen molar-refractivity contribution >= 4 is 17.4 Å². The fourth-order valence-corrected chi connectivity index (χ4v) is 4.01. The third-order valence-electron chi connectivity index (χ3n) is 5.55. The Hall–Kier alpha value is -3.20. The van der Waals surface area contributed by atoms with Crippen molar-refractivity contribution in [1.29, 1.82) is 5.26 Å². The molecule has 0 aromatic carbocycles. The molecule has 1 saturated heterocycles. The summed E-state index contributed by atoms with van der Waals surface area (Å²) in [7, 11) is 0. The average molecular weight is 424 g/mol. The zero-order chi connectivity index (χ0) is 21.7. The van der Waals surface area contributed by atoms with Crippen molar-refractivity contribution in [2.45, 2.75) is 37.0 Å². The van der Waals surface area contributed by atoms with Gasteiger partial charge in [0, 0.05) is 30.8 Å². The van der Waals surface area contributed by atoms with Crippen LogP contribution in [0.5, 0.6) is 0 Å². The van der Waals surface area contributed by atoms with Crippen LogP contribution in [0.2, 0.25) is 0 Å². The highest BCUT2D eigenvalue weighted by Crippen LogP contribution is 2.49. The van der Waals surface area contributed by atoms with Crippen LogP contribution in [-0.4, -0.2) is 45.5 Å². The minimum atomic E-state index is -5.05. The minimum Gasteiger partial charge on any atom is -0.376 e. The van der Waals surface area contributed by atoms with Crippen molar-refractivity contribution in [1.82, 2.24) is 15.2 Å². The SMILES string of the molecule is N#Cc1ncc(N2CCC(c3[nH]nc4c3C(O)(C(F)(F)F)CC(=O)N4)CC2)cc1F. The molecule has 0 radical (unpaired) electrons. The molecule has 30 heavy (non-hydrogen) atoms. The van der Waals surface area contributed by atoms with Crippen LogP contribution >= 0.6 is 0 Å². The molecule has 0 spiro atoms. The number of hydrogen-bond acceptors (Lipinski definition) is 6. The Kier molecular flexibility index (Phi) is 4.65. The van der Waals surface area contributed by atoms with E-state index in [1.54, 1.807) is 6.07 Å². The number of aromatic amines is 1. The summed E-state index contributed by atoms with van der Waals surface area (Å²) in [6.07, 6.45) is -4.01. The number of H-pyrrole nitrogens is 1. The van der Waals surface area contributed by atoms with Crippen LogP contribution in [0.4, 0.5) is 29.1 Å². The molecule has 2 aliphatic rings. The maximum Gasteiger partial charge on any atom is 0.422 e. The van der Waals surface area contributed by atoms with Gasteiger partial charge in [-0.05, 0) is 12.8 Å². The normalized spacial score (nSPS) is 22.4. The Labute approximate surface area is 167 Å². The molecule has 4 rings (SSSR count). The molecule has 0 aliphatic carbocycles. The minimum absolute atomic E-state index is 0.133. The standard InChI is InChI=1S/C18H16F4N6O2/c19-11-5-10(8-24-12(11)7-23)28-3-1-9(2-4-28)15-14-16(27-26-15)25-13(29)6-17(14,30)18(20,21)22/h5,8-9,30H,1-4,6H2,(H2,25,26,27,29). The number of nitrogens with zero attached hydrogens (tertiary/aromatic N) is 4. The van der Waals surface area contributed by atoms with Gasteiger partial charge in [0.25, 0.3) is 0 Å². The highest BCUT2D eigenvalue weighted by Gasteiger charge is 2.61. The van der Waals surface area contributed by atoms with E-state index in [0.29, 0.717) is 31.6 Å². The van der Waals surface area contributed by atoms with Gasteiger partial charge >= 0.3 is 6.18 Å². The third-order valence-corrected chi connectivity index (χ3v) is 5.55. The molecule has 2 aliphatic heterocycles. The summed E-state index contributed by atoms with van der Waals surface area (Å²) >= 11 is 0. The summed E-state index contributed by atoms with van der Waals surface area (Å²) in [5.74, 6) is -2.41. The number of halogens is 4. The molecule has 12 heteroatoms. The second-order valence-electron chi connectivity index (χ2n) is 7.34. The molecule has 0 bridgehead atoms. The lowest BCUT2D eigenvalue weighted by Gasteiger charge is -2.37. The molecule has 1 atom stereocenters. The number of alkyl halides is 3. The number of aromatic nitrogens is 3. The zero-order valence-corrected chi connectivity index (χ0v) is 15.4. The predicted octanol–water partition coefficient (Wildman–Crippen LogP) is 2.29. The van der Waals surface area contributed by atoms with Gasteiger partial charge in [-0.1, -0.05) is 0 Å². The Balaban J connectivity index is 1.58. The number of carbonyl (C=O) groups is 1. The lowest BCUT2D eigenvalue weighted by Crippen LogP contribution is -2.48. The quantitative estimate of drug-likeness (QED) is 0.637. The lowest BCUT2D eigenvalue weighted by molar-refractivity contribution is -0.267. The van der Waals surface area contributed by atoms with E-state index in [0.717, 1.165) is 0 Å². The Morgan fingerprint density at radius 1 is 1.33 bits per heavy atom. The first-order valence-corrected chi connectivity index (χ1v) is 9.12. The van der Waals surface area contributed by atoms with Crippen LogP contribution in [0, 0.1) is 17.1 Å². The van der Waals surface area contributed by atoms with Crippen LogP contribution in [-0.2, 0) is 10.4 Å². The van der Waals surface area contributed by atoms with Gasteiger partial charge in [0.05, 0.1) is 23.9 Å². The monoisotopic (exact) mass is 424 g/mol. The maximum atomic E-state index is 13.8. The lowest BCUT2D eigenvalue weighted by atomic mass is 9.81. The van der Waals surface area contributed by atoms with E-state index in [4.69, 9.17) is 5.26 Å². The molecule has 158 valence electrons. The van der Waals surface area contributed by atoms with Crippen molar-refractivity contribution in [3.63, 3.8) is 0 Å². The highest BCUT2D eigenvalue weighted by atomic mass is 19.4. The van der Waals surface area contributed by atoms with E-state index < -0.39 is 35.5 Å². The van der Waals surface area contributed by atoms with Gasteiger partial charge in [-0.3, -0.25) is 9.89 Å². The maximum absolute atomic E-state index is 13.8. The van der Waals surface area contributed by atoms with Crippen molar-refractivity contribution < 1.29 is 27.5 Å². The second-order valence-corrected chi connectivity index (χ2v) is 7.34. The number of aliphatic hydroxyl groups is 1. The number of hydrogen-bond donors (Lipinski definition) is 3. The van der Waals surface area contributed by atoms with Gasteiger partial charge in [-0.2, -0.15) is 23.5 Å². The van der Waals surface area contributed by atoms with Crippen LogP contribution in [0.1, 0.15) is 42.1 Å². The Morgan fingerprint density at radius 2 is 2.03 bits per heavy atom. The molecule has 3 N–H and O–H groups in total. The van der Waals surface area contributed by atoms with Crippen molar-refractivity contribution in [3.8, 4) is 6.07 Å². The van der Waals surface area contributed by atoms with E-state index >= 15 is 0 Å². The van der Waals surface area contributed by atoms with E-state index in [1.165, 1.54) is 12.3 Å². The number of rotatable bonds is 2. The number of pyridine rings is 1. The summed E-state index contributed by atoms with van der Waals surface area (Å²) < 4.78 is 54.7. The first kappa shape index (κ1) is 20.1. The Bertz CT molecular complexity index is 1040. The average Bonchev–Trinajstić information content (AvgIpc) is 3.11. The molecular weight excluding hydrogens is 408 g/mol. The van der Waals surface area contributed by atoms with Crippen molar-refractivity contribution in [2.75, 3.05) is 23.3 Å². The number of fused-ring (bicyclic) bond motifs is 1. The topological polar surface area (TPSA) is 118 Å². The summed E-state index contributed by atoms with van der Waals surface area (Å²) in [5, 5.41) is 27.8. The van der Waals surface area contributed by atoms with Gasteiger partial charge < -0.3 is 15.3 Å². The zero-order valence-electron chi connectivity index (χ0n) is 15.4. The van der Waals surface area contributed by atoms with Crippen LogP contribution < -0.4 is 10.2 Å². The molecule has 1 unspecified atom stereocenters. The van der Waals surface area contributed by atoms with Gasteiger partial charge in [0.2, 0.25) is 5.91 Å². The first-order chi connectivity index (χ1) is 14.1. The number of anilines is 2. The predicted molar refractivity (Wildman–Crippen MR) is 94.9 cm³/mol. The first-order valence-electron chi connectivity index (χ1n) is 9.12. The summed E-state index contributed by atoms with van der Waals surface area (Å²) in [4.78, 5) is 17.2. The fourth-order valence-electron chi connectivity index (χ4n) is 4.01. The molecule has 2 aromatic rings. The molecule has 4 heterocycles. The largest absolute Gasteiger partial charge is 0.422 e. The van der Waals surface area contributed by atoms with E-state index in [9.17, 15) is 27.5 Å². The van der Waals surface area contributed by atoms with Crippen LogP contribution in [0.15, 0.2) is 12.3 Å².